The van der Waals surface area contributed by atoms with Gasteiger partial charge in [-0.3, -0.25) is 4.79 Å². The van der Waals surface area contributed by atoms with Crippen LogP contribution in [0, 0.1) is 0 Å². The first kappa shape index (κ1) is 37.2. The number of rotatable bonds is 6. The van der Waals surface area contributed by atoms with Gasteiger partial charge in [-0.15, -0.1) is 0 Å². The summed E-state index contributed by atoms with van der Waals surface area (Å²) in [5.74, 6) is -2.77. The van der Waals surface area contributed by atoms with E-state index in [0.717, 1.165) is 48.5 Å². The van der Waals surface area contributed by atoms with Gasteiger partial charge in [0, 0.05) is 17.4 Å². The summed E-state index contributed by atoms with van der Waals surface area (Å²) in [5.41, 5.74) is -0.812. The summed E-state index contributed by atoms with van der Waals surface area (Å²) in [5, 5.41) is 22.8. The molecule has 0 aliphatic carbocycles. The molecule has 0 saturated carbocycles. The number of hydrogen-bond donors (Lipinski definition) is 0. The zero-order valence-electron chi connectivity index (χ0n) is 18.6. The van der Waals surface area contributed by atoms with E-state index in [0.29, 0.717) is 5.01 Å². The Balaban J connectivity index is 0. The molecule has 1 unspecified atom stereocenters. The summed E-state index contributed by atoms with van der Waals surface area (Å²) in [4.78, 5) is 22.8. The maximum absolute atomic E-state index is 12.6. The minimum atomic E-state index is -4.73. The third kappa shape index (κ3) is 9.36. The molecule has 0 aromatic heterocycles. The second kappa shape index (κ2) is 14.8. The van der Waals surface area contributed by atoms with Crippen LogP contribution in [0.2, 0.25) is 0 Å². The summed E-state index contributed by atoms with van der Waals surface area (Å²) < 4.78 is 65.7. The molecule has 0 fully saturated rings. The summed E-state index contributed by atoms with van der Waals surface area (Å²) in [6, 6.07) is 6.40. The van der Waals surface area contributed by atoms with E-state index in [1.54, 1.807) is 0 Å². The van der Waals surface area contributed by atoms with Crippen LogP contribution in [0.4, 0.5) is 11.4 Å². The maximum atomic E-state index is 12.6. The van der Waals surface area contributed by atoms with Gasteiger partial charge in [0.15, 0.2) is 6.04 Å². The van der Waals surface area contributed by atoms with Crippen molar-refractivity contribution < 1.29 is 129 Å². The number of carbonyl (C=O) groups excluding carboxylic acids is 2. The Morgan fingerprint density at radius 1 is 0.857 bits per heavy atom. The molecule has 19 heteroatoms. The Morgan fingerprint density at radius 2 is 1.29 bits per heavy atom. The molecule has 165 valence electrons. The molecule has 1 aliphatic heterocycles. The van der Waals surface area contributed by atoms with Gasteiger partial charge in [-0.25, -0.2) is 16.8 Å². The second-order valence-corrected chi connectivity index (χ2v) is 8.70. The van der Waals surface area contributed by atoms with E-state index >= 15 is 0 Å². The fourth-order valence-corrected chi connectivity index (χ4v) is 3.38. The van der Waals surface area contributed by atoms with Crippen LogP contribution in [0.1, 0.15) is 0 Å². The molecule has 0 spiro atoms. The van der Waals surface area contributed by atoms with Crippen molar-refractivity contribution in [2.24, 2.45) is 15.3 Å². The normalized spacial score (nSPS) is 15.3. The predicted molar refractivity (Wildman–Crippen MR) is 103 cm³/mol. The van der Waals surface area contributed by atoms with Gasteiger partial charge in [-0.2, -0.15) is 20.3 Å². The van der Waals surface area contributed by atoms with Crippen molar-refractivity contribution in [3.63, 3.8) is 0 Å². The number of hydrogen-bond acceptors (Lipinski definition) is 12. The number of hydrazone groups is 1. The van der Waals surface area contributed by atoms with Crippen molar-refractivity contribution >= 4 is 66.6 Å². The van der Waals surface area contributed by atoms with Gasteiger partial charge in [0.25, 0.3) is 5.91 Å². The van der Waals surface area contributed by atoms with Crippen molar-refractivity contribution in [2.45, 2.75) is 15.8 Å². The van der Waals surface area contributed by atoms with E-state index < -0.39 is 53.7 Å². The zero-order chi connectivity index (χ0) is 23.0. The third-order valence-corrected chi connectivity index (χ3v) is 5.60. The number of nitrogens with zero attached hydrogens (tertiary/aromatic N) is 4. The molecule has 0 saturated heterocycles. The molecule has 1 atom stereocenters. The van der Waals surface area contributed by atoms with Gasteiger partial charge >= 0.3 is 88.7 Å². The first-order chi connectivity index (χ1) is 14.4. The van der Waals surface area contributed by atoms with Crippen LogP contribution in [0.5, 0.6) is 0 Å². The molecule has 2 aromatic carbocycles. The number of carboxylic acid groups (broad SMARTS) is 1. The van der Waals surface area contributed by atoms with Gasteiger partial charge in [-0.05, 0) is 48.5 Å². The fourth-order valence-electron chi connectivity index (χ4n) is 2.44. The minimum Gasteiger partial charge on any atom is -0.744 e. The SMILES string of the molecule is O=C([O-])C1=NN(c2ccc(S(=O)(=O)[O-])cc2)C(=O)C1N=Nc1ccc(S(=O)(=O)[O-])cc1.[Al].[Na+].[Na+].[Na+]. The largest absolute Gasteiger partial charge is 1.00 e. The third-order valence-electron chi connectivity index (χ3n) is 3.90. The number of anilines is 1. The topological polar surface area (TPSA) is 212 Å². The van der Waals surface area contributed by atoms with Crippen LogP contribution in [0.3, 0.4) is 0 Å². The molecule has 1 heterocycles. The molecule has 3 rings (SSSR count). The molecule has 2 aromatic rings. The first-order valence-electron chi connectivity index (χ1n) is 8.04. The van der Waals surface area contributed by atoms with Crippen LogP contribution < -0.4 is 98.8 Å². The average Bonchev–Trinajstić information content (AvgIpc) is 3.02. The zero-order valence-corrected chi connectivity index (χ0v) is 27.3. The van der Waals surface area contributed by atoms with Crippen molar-refractivity contribution in [3.05, 3.63) is 48.5 Å². The van der Waals surface area contributed by atoms with Crippen molar-refractivity contribution in [1.29, 1.82) is 0 Å². The summed E-state index contributed by atoms with van der Waals surface area (Å²) >= 11 is 0. The van der Waals surface area contributed by atoms with Gasteiger partial charge in [0.2, 0.25) is 0 Å². The van der Waals surface area contributed by atoms with E-state index in [1.165, 1.54) is 0 Å². The Hall–Kier alpha value is 0.00247. The maximum Gasteiger partial charge on any atom is 1.00 e. The van der Waals surface area contributed by atoms with Crippen LogP contribution in [-0.2, 0) is 29.8 Å². The first-order valence-corrected chi connectivity index (χ1v) is 10.9. The smallest absolute Gasteiger partial charge is 0.744 e. The Morgan fingerprint density at radius 3 is 1.69 bits per heavy atom. The molecule has 3 radical (unpaired) electrons. The van der Waals surface area contributed by atoms with Crippen LogP contribution in [0.25, 0.3) is 0 Å². The molecule has 0 bridgehead atoms. The summed E-state index contributed by atoms with van der Waals surface area (Å²) in [6.45, 7) is 0. The molecule has 35 heavy (non-hydrogen) atoms. The number of amides is 1. The van der Waals surface area contributed by atoms with E-state index in [1.807, 2.05) is 0 Å². The Labute approximate surface area is 277 Å². The Kier molecular flexibility index (Phi) is 15.7. The predicted octanol–water partition coefficient (Wildman–Crippen LogP) is -10.3. The fraction of sp³-hybridized carbons (Fsp3) is 0.0625. The number of aliphatic carboxylic acids is 1. The van der Waals surface area contributed by atoms with E-state index in [4.69, 9.17) is 0 Å². The number of azo groups is 1. The standard InChI is InChI=1S/C16H12N4O9S2.Al.3Na/c21-15-13(18-17-9-1-5-11(6-2-9)30(24,25)26)14(16(22)23)19-20(15)10-3-7-12(8-4-10)31(27,28)29;;;;/h1-8,13H,(H,22,23)(H,24,25,26)(H,27,28,29);;;;/q;;3*+1/p-3. The average molecular weight is 561 g/mol. The number of carboxylic acids is 1. The number of benzene rings is 2. The molecule has 1 aliphatic rings. The molecule has 1 amide bonds. The van der Waals surface area contributed by atoms with Gasteiger partial charge < -0.3 is 19.0 Å². The number of carbonyl (C=O) groups is 2. The van der Waals surface area contributed by atoms with Crippen LogP contribution in [-0.4, -0.2) is 66.9 Å². The van der Waals surface area contributed by atoms with Crippen LogP contribution in [0.15, 0.2) is 73.7 Å². The monoisotopic (exact) mass is 561 g/mol. The quantitative estimate of drug-likeness (QED) is 0.186. The van der Waals surface area contributed by atoms with Crippen LogP contribution >= 0.6 is 0 Å². The van der Waals surface area contributed by atoms with Crippen molar-refractivity contribution in [3.8, 4) is 0 Å². The van der Waals surface area contributed by atoms with Gasteiger partial charge in [-0.1, -0.05) is 0 Å². The minimum absolute atomic E-state index is 0. The van der Waals surface area contributed by atoms with Crippen molar-refractivity contribution in [2.75, 3.05) is 5.01 Å². The molecular weight excluding hydrogens is 552 g/mol. The summed E-state index contributed by atoms with van der Waals surface area (Å²) in [7, 11) is -9.40. The van der Waals surface area contributed by atoms with Gasteiger partial charge in [0.1, 0.15) is 25.9 Å². The molecule has 13 nitrogen and oxygen atoms in total. The van der Waals surface area contributed by atoms with E-state index in [2.05, 4.69) is 15.3 Å². The summed E-state index contributed by atoms with van der Waals surface area (Å²) in [6.07, 6.45) is 0. The molecular formula is C16H9AlN4Na3O9S2. The van der Waals surface area contributed by atoms with E-state index in [-0.39, 0.29) is 117 Å². The van der Waals surface area contributed by atoms with Gasteiger partial charge in [0.05, 0.1) is 27.1 Å². The Bertz CT molecular complexity index is 1340. The second-order valence-electron chi connectivity index (χ2n) is 5.94. The molecule has 0 N–H and O–H groups in total. The van der Waals surface area contributed by atoms with E-state index in [9.17, 15) is 40.6 Å². The van der Waals surface area contributed by atoms with Crippen molar-refractivity contribution in [1.82, 2.24) is 0 Å².